The fourth-order valence-corrected chi connectivity index (χ4v) is 1.85. The van der Waals surface area contributed by atoms with Gasteiger partial charge in [0, 0.05) is 0 Å². The van der Waals surface area contributed by atoms with Crippen LogP contribution in [0.5, 0.6) is 0 Å². The number of ether oxygens (including phenoxy) is 3. The lowest BCUT2D eigenvalue weighted by Crippen LogP contribution is -2.40. The average molecular weight is 346 g/mol. The molecule has 1 N–H and O–H groups in total. The van der Waals surface area contributed by atoms with Crippen LogP contribution in [0.2, 0.25) is 0 Å². The molecule has 0 heterocycles. The molecule has 25 heavy (non-hydrogen) atoms. The lowest BCUT2D eigenvalue weighted by atomic mass is 10.1. The molecule has 0 aliphatic heterocycles. The molecule has 1 rings (SSSR count). The number of hydrogen-bond acceptors (Lipinski definition) is 5. The second kappa shape index (κ2) is 10.5. The van der Waals surface area contributed by atoms with Gasteiger partial charge in [0.15, 0.2) is 0 Å². The average Bonchev–Trinajstić information content (AvgIpc) is 2.54. The fourth-order valence-electron chi connectivity index (χ4n) is 1.85. The largest absolute Gasteiger partial charge is 0.444 e. The summed E-state index contributed by atoms with van der Waals surface area (Å²) in [6.45, 7) is 10.4. The third-order valence-electron chi connectivity index (χ3n) is 2.93. The Hall–Kier alpha value is -2.36. The molecule has 1 aromatic carbocycles. The number of carbonyl (C=O) groups excluding carboxylic acids is 1. The number of carbonyl (C=O) groups is 1. The summed E-state index contributed by atoms with van der Waals surface area (Å²) in [6, 6.07) is 9.02. The molecule has 1 atom stereocenters. The van der Waals surface area contributed by atoms with E-state index in [0.717, 1.165) is 11.1 Å². The molecule has 136 valence electrons. The maximum Gasteiger partial charge on any atom is 0.408 e. The molecule has 0 spiro atoms. The minimum atomic E-state index is -0.763. The maximum atomic E-state index is 11.6. The first-order valence-electron chi connectivity index (χ1n) is 8.07. The van der Waals surface area contributed by atoms with Crippen LogP contribution in [-0.2, 0) is 27.4 Å². The van der Waals surface area contributed by atoms with Gasteiger partial charge in [0.1, 0.15) is 11.6 Å². The molecule has 1 aromatic rings. The second-order valence-electron chi connectivity index (χ2n) is 6.46. The number of amides is 1. The Balaban J connectivity index is 2.35. The normalized spacial score (nSPS) is 12.1. The SMILES string of the molecule is C=CCOCc1ccc(COC[C@@H](C#N)NC(=O)OC(C)(C)C)cc1. The lowest BCUT2D eigenvalue weighted by molar-refractivity contribution is 0.0462. The lowest BCUT2D eigenvalue weighted by Gasteiger charge is -2.21. The Kier molecular flexibility index (Phi) is 8.68. The molecule has 0 unspecified atom stereocenters. The van der Waals surface area contributed by atoms with Crippen molar-refractivity contribution < 1.29 is 19.0 Å². The van der Waals surface area contributed by atoms with Crippen molar-refractivity contribution in [1.82, 2.24) is 5.32 Å². The first-order chi connectivity index (χ1) is 11.8. The maximum absolute atomic E-state index is 11.6. The number of hydrogen-bond donors (Lipinski definition) is 1. The minimum absolute atomic E-state index is 0.0833. The zero-order valence-electron chi connectivity index (χ0n) is 15.1. The van der Waals surface area contributed by atoms with Crippen LogP contribution < -0.4 is 5.32 Å². The van der Waals surface area contributed by atoms with Crippen LogP contribution in [0, 0.1) is 11.3 Å². The summed E-state index contributed by atoms with van der Waals surface area (Å²) in [7, 11) is 0. The van der Waals surface area contributed by atoms with Crippen molar-refractivity contribution in [2.75, 3.05) is 13.2 Å². The van der Waals surface area contributed by atoms with Crippen LogP contribution in [0.4, 0.5) is 4.79 Å². The monoisotopic (exact) mass is 346 g/mol. The fraction of sp³-hybridized carbons (Fsp3) is 0.474. The van der Waals surface area contributed by atoms with E-state index < -0.39 is 17.7 Å². The Labute approximate surface area is 149 Å². The van der Waals surface area contributed by atoms with E-state index in [4.69, 9.17) is 19.5 Å². The molecule has 0 aliphatic carbocycles. The zero-order valence-corrected chi connectivity index (χ0v) is 15.1. The summed E-state index contributed by atoms with van der Waals surface area (Å²) < 4.78 is 16.0. The van der Waals surface area contributed by atoms with Crippen LogP contribution in [-0.4, -0.2) is 30.9 Å². The molecule has 0 saturated carbocycles. The van der Waals surface area contributed by atoms with Gasteiger partial charge in [-0.2, -0.15) is 5.26 Å². The molecule has 0 aromatic heterocycles. The Morgan fingerprint density at radius 2 is 1.80 bits per heavy atom. The highest BCUT2D eigenvalue weighted by Gasteiger charge is 2.19. The van der Waals surface area contributed by atoms with Crippen LogP contribution in [0.15, 0.2) is 36.9 Å². The van der Waals surface area contributed by atoms with E-state index in [1.807, 2.05) is 30.3 Å². The molecule has 6 heteroatoms. The van der Waals surface area contributed by atoms with Crippen molar-refractivity contribution in [2.45, 2.75) is 45.6 Å². The van der Waals surface area contributed by atoms with Crippen molar-refractivity contribution in [3.05, 3.63) is 48.0 Å². The molecular weight excluding hydrogens is 320 g/mol. The van der Waals surface area contributed by atoms with Crippen LogP contribution in [0.25, 0.3) is 0 Å². The second-order valence-corrected chi connectivity index (χ2v) is 6.46. The van der Waals surface area contributed by atoms with Crippen molar-refractivity contribution >= 4 is 6.09 Å². The summed E-state index contributed by atoms with van der Waals surface area (Å²) in [5.74, 6) is 0. The highest BCUT2D eigenvalue weighted by molar-refractivity contribution is 5.68. The summed E-state index contributed by atoms with van der Waals surface area (Å²) in [4.78, 5) is 11.6. The van der Waals surface area contributed by atoms with Gasteiger partial charge in [-0.05, 0) is 31.9 Å². The van der Waals surface area contributed by atoms with Gasteiger partial charge >= 0.3 is 6.09 Å². The molecule has 0 fully saturated rings. The Bertz CT molecular complexity index is 585. The smallest absolute Gasteiger partial charge is 0.408 e. The van der Waals surface area contributed by atoms with E-state index in [2.05, 4.69) is 11.9 Å². The predicted octanol–water partition coefficient (Wildman–Crippen LogP) is 3.32. The van der Waals surface area contributed by atoms with Gasteiger partial charge in [0.2, 0.25) is 0 Å². The van der Waals surface area contributed by atoms with Gasteiger partial charge in [-0.3, -0.25) is 0 Å². The quantitative estimate of drug-likeness (QED) is 0.548. The van der Waals surface area contributed by atoms with E-state index in [1.54, 1.807) is 26.8 Å². The van der Waals surface area contributed by atoms with E-state index >= 15 is 0 Å². The molecular formula is C19H26N2O4. The van der Waals surface area contributed by atoms with Crippen LogP contribution >= 0.6 is 0 Å². The first kappa shape index (κ1) is 20.7. The number of benzene rings is 1. The number of nitrogens with zero attached hydrogens (tertiary/aromatic N) is 1. The topological polar surface area (TPSA) is 80.6 Å². The van der Waals surface area contributed by atoms with Gasteiger partial charge in [-0.1, -0.05) is 30.3 Å². The summed E-state index contributed by atoms with van der Waals surface area (Å²) in [5.41, 5.74) is 1.43. The number of rotatable bonds is 9. The van der Waals surface area contributed by atoms with Crippen LogP contribution in [0.1, 0.15) is 31.9 Å². The molecule has 1 amide bonds. The van der Waals surface area contributed by atoms with E-state index in [1.165, 1.54) is 0 Å². The first-order valence-corrected chi connectivity index (χ1v) is 8.07. The summed E-state index contributed by atoms with van der Waals surface area (Å²) in [6.07, 6.45) is 1.07. The number of nitriles is 1. The third kappa shape index (κ3) is 9.50. The molecule has 0 radical (unpaired) electrons. The highest BCUT2D eigenvalue weighted by atomic mass is 16.6. The summed E-state index contributed by atoms with van der Waals surface area (Å²) in [5, 5.41) is 11.6. The standard InChI is InChI=1S/C19H26N2O4/c1-5-10-23-12-15-6-8-16(9-7-15)13-24-14-17(11-20)21-18(22)25-19(2,3)4/h5-9,17H,1,10,12-14H2,2-4H3,(H,21,22)/t17-/m1/s1. The van der Waals surface area contributed by atoms with Crippen molar-refractivity contribution in [1.29, 1.82) is 5.26 Å². The van der Waals surface area contributed by atoms with Crippen molar-refractivity contribution in [2.24, 2.45) is 0 Å². The predicted molar refractivity (Wildman–Crippen MR) is 94.7 cm³/mol. The van der Waals surface area contributed by atoms with Gasteiger partial charge in [-0.25, -0.2) is 4.79 Å². The molecule has 0 aliphatic rings. The molecule has 0 bridgehead atoms. The molecule has 6 nitrogen and oxygen atoms in total. The van der Waals surface area contributed by atoms with Gasteiger partial charge in [-0.15, -0.1) is 6.58 Å². The van der Waals surface area contributed by atoms with Crippen LogP contribution in [0.3, 0.4) is 0 Å². The zero-order chi connectivity index (χ0) is 18.7. The Morgan fingerprint density at radius 1 is 1.24 bits per heavy atom. The van der Waals surface area contributed by atoms with Crippen molar-refractivity contribution in [3.63, 3.8) is 0 Å². The van der Waals surface area contributed by atoms with E-state index in [-0.39, 0.29) is 6.61 Å². The Morgan fingerprint density at radius 3 is 2.28 bits per heavy atom. The van der Waals surface area contributed by atoms with Crippen molar-refractivity contribution in [3.8, 4) is 6.07 Å². The minimum Gasteiger partial charge on any atom is -0.444 e. The highest BCUT2D eigenvalue weighted by Crippen LogP contribution is 2.08. The number of alkyl carbamates (subject to hydrolysis) is 1. The van der Waals surface area contributed by atoms with Gasteiger partial charge in [0.25, 0.3) is 0 Å². The third-order valence-corrected chi connectivity index (χ3v) is 2.93. The van der Waals surface area contributed by atoms with Gasteiger partial charge in [0.05, 0.1) is 32.5 Å². The van der Waals surface area contributed by atoms with Gasteiger partial charge < -0.3 is 19.5 Å². The summed E-state index contributed by atoms with van der Waals surface area (Å²) >= 11 is 0. The number of nitrogens with one attached hydrogen (secondary N) is 1. The molecule has 0 saturated heterocycles. The van der Waals surface area contributed by atoms with E-state index in [9.17, 15) is 4.79 Å². The van der Waals surface area contributed by atoms with E-state index in [0.29, 0.717) is 19.8 Å².